The van der Waals surface area contributed by atoms with E-state index in [1.54, 1.807) is 4.90 Å². The molecule has 92 valence electrons. The minimum Gasteiger partial charge on any atom is -0.341 e. The Morgan fingerprint density at radius 2 is 2.00 bits per heavy atom. The number of nitrogens with zero attached hydrogens (tertiary/aromatic N) is 1. The van der Waals surface area contributed by atoms with Gasteiger partial charge in [-0.25, -0.2) is 8.42 Å². The Morgan fingerprint density at radius 1 is 1.31 bits per heavy atom. The van der Waals surface area contributed by atoms with Gasteiger partial charge in [-0.05, 0) is 25.4 Å². The zero-order chi connectivity index (χ0) is 11.6. The van der Waals surface area contributed by atoms with Crippen molar-refractivity contribution in [1.82, 2.24) is 10.2 Å². The molecule has 1 atom stereocenters. The third-order valence-electron chi connectivity index (χ3n) is 3.32. The summed E-state index contributed by atoms with van der Waals surface area (Å²) in [5, 5.41) is 3.23. The Balaban J connectivity index is 1.82. The molecule has 2 aliphatic heterocycles. The average Bonchev–Trinajstić information content (AvgIpc) is 2.70. The molecular formula is C10H18N2O3S. The molecule has 6 heteroatoms. The molecule has 1 N–H and O–H groups in total. The zero-order valence-electron chi connectivity index (χ0n) is 9.31. The van der Waals surface area contributed by atoms with Crippen molar-refractivity contribution in [1.29, 1.82) is 0 Å². The van der Waals surface area contributed by atoms with Crippen molar-refractivity contribution in [2.75, 3.05) is 37.7 Å². The van der Waals surface area contributed by atoms with E-state index in [9.17, 15) is 13.2 Å². The lowest BCUT2D eigenvalue weighted by Gasteiger charge is -2.27. The van der Waals surface area contributed by atoms with Crippen molar-refractivity contribution in [3.8, 4) is 0 Å². The van der Waals surface area contributed by atoms with E-state index in [0.29, 0.717) is 25.4 Å². The highest BCUT2D eigenvalue weighted by Crippen LogP contribution is 2.15. The summed E-state index contributed by atoms with van der Waals surface area (Å²) in [6, 6.07) is 0. The maximum absolute atomic E-state index is 11.9. The lowest BCUT2D eigenvalue weighted by Crippen LogP contribution is -2.44. The minimum absolute atomic E-state index is 0.114. The molecule has 2 heterocycles. The van der Waals surface area contributed by atoms with E-state index in [1.165, 1.54) is 0 Å². The predicted octanol–water partition coefficient (Wildman–Crippen LogP) is -0.757. The molecule has 2 rings (SSSR count). The SMILES string of the molecule is O=C(CC1CCNC1)N1CCS(=O)(=O)CC1. The van der Waals surface area contributed by atoms with Crippen LogP contribution in [0.2, 0.25) is 0 Å². The Labute approximate surface area is 96.1 Å². The number of nitrogens with one attached hydrogen (secondary N) is 1. The molecule has 0 radical (unpaired) electrons. The van der Waals surface area contributed by atoms with E-state index in [0.717, 1.165) is 19.5 Å². The van der Waals surface area contributed by atoms with Gasteiger partial charge in [-0.3, -0.25) is 4.79 Å². The van der Waals surface area contributed by atoms with Crippen LogP contribution in [-0.2, 0) is 14.6 Å². The highest BCUT2D eigenvalue weighted by Gasteiger charge is 2.27. The number of hydrogen-bond donors (Lipinski definition) is 1. The minimum atomic E-state index is -2.88. The highest BCUT2D eigenvalue weighted by molar-refractivity contribution is 7.91. The van der Waals surface area contributed by atoms with Crippen molar-refractivity contribution in [2.24, 2.45) is 5.92 Å². The van der Waals surface area contributed by atoms with Gasteiger partial charge in [0.15, 0.2) is 9.84 Å². The number of amides is 1. The van der Waals surface area contributed by atoms with Crippen LogP contribution in [0.25, 0.3) is 0 Å². The van der Waals surface area contributed by atoms with Gasteiger partial charge in [-0.2, -0.15) is 0 Å². The molecule has 0 bridgehead atoms. The molecule has 2 fully saturated rings. The molecule has 2 saturated heterocycles. The van der Waals surface area contributed by atoms with Gasteiger partial charge in [0.1, 0.15) is 0 Å². The van der Waals surface area contributed by atoms with Gasteiger partial charge in [0.2, 0.25) is 5.91 Å². The fourth-order valence-electron chi connectivity index (χ4n) is 2.23. The molecule has 0 aromatic heterocycles. The lowest BCUT2D eigenvalue weighted by atomic mass is 10.0. The van der Waals surface area contributed by atoms with Crippen LogP contribution < -0.4 is 5.32 Å². The highest BCUT2D eigenvalue weighted by atomic mass is 32.2. The summed E-state index contributed by atoms with van der Waals surface area (Å²) in [5.74, 6) is 0.804. The Bertz CT molecular complexity index is 346. The quantitative estimate of drug-likeness (QED) is 0.696. The Hall–Kier alpha value is -0.620. The summed E-state index contributed by atoms with van der Waals surface area (Å²) in [6.07, 6.45) is 1.62. The number of rotatable bonds is 2. The standard InChI is InChI=1S/C10H18N2O3S/c13-10(7-9-1-2-11-8-9)12-3-5-16(14,15)6-4-12/h9,11H,1-8H2. The monoisotopic (exact) mass is 246 g/mol. The summed E-state index contributed by atoms with van der Waals surface area (Å²) in [7, 11) is -2.88. The van der Waals surface area contributed by atoms with Gasteiger partial charge in [0, 0.05) is 19.5 Å². The summed E-state index contributed by atoms with van der Waals surface area (Å²) >= 11 is 0. The van der Waals surface area contributed by atoms with Crippen LogP contribution in [0.5, 0.6) is 0 Å². The van der Waals surface area contributed by atoms with Crippen molar-refractivity contribution < 1.29 is 13.2 Å². The van der Waals surface area contributed by atoms with Crippen molar-refractivity contribution in [3.05, 3.63) is 0 Å². The first-order valence-electron chi connectivity index (χ1n) is 5.76. The fraction of sp³-hybridized carbons (Fsp3) is 0.900. The molecular weight excluding hydrogens is 228 g/mol. The first-order valence-corrected chi connectivity index (χ1v) is 7.58. The summed E-state index contributed by atoms with van der Waals surface area (Å²) in [5.41, 5.74) is 0. The zero-order valence-corrected chi connectivity index (χ0v) is 10.1. The molecule has 2 aliphatic rings. The maximum Gasteiger partial charge on any atom is 0.222 e. The van der Waals surface area contributed by atoms with E-state index in [4.69, 9.17) is 0 Å². The van der Waals surface area contributed by atoms with Crippen molar-refractivity contribution in [2.45, 2.75) is 12.8 Å². The molecule has 0 spiro atoms. The third-order valence-corrected chi connectivity index (χ3v) is 4.93. The van der Waals surface area contributed by atoms with Crippen LogP contribution in [0.4, 0.5) is 0 Å². The van der Waals surface area contributed by atoms with Gasteiger partial charge in [-0.1, -0.05) is 0 Å². The molecule has 0 aromatic carbocycles. The second kappa shape index (κ2) is 4.71. The maximum atomic E-state index is 11.9. The third kappa shape index (κ3) is 2.95. The van der Waals surface area contributed by atoms with Crippen LogP contribution in [0, 0.1) is 5.92 Å². The first-order chi connectivity index (χ1) is 7.57. The topological polar surface area (TPSA) is 66.5 Å². The van der Waals surface area contributed by atoms with Gasteiger partial charge < -0.3 is 10.2 Å². The number of sulfone groups is 1. The average molecular weight is 246 g/mol. The van der Waals surface area contributed by atoms with Gasteiger partial charge in [-0.15, -0.1) is 0 Å². The Morgan fingerprint density at radius 3 is 2.56 bits per heavy atom. The number of hydrogen-bond acceptors (Lipinski definition) is 4. The second-order valence-corrected chi connectivity index (χ2v) is 6.90. The largest absolute Gasteiger partial charge is 0.341 e. The summed E-state index contributed by atoms with van der Waals surface area (Å²) in [6.45, 7) is 2.66. The van der Waals surface area contributed by atoms with Crippen LogP contribution >= 0.6 is 0 Å². The number of carbonyl (C=O) groups is 1. The molecule has 0 aliphatic carbocycles. The van der Waals surface area contributed by atoms with Gasteiger partial charge >= 0.3 is 0 Å². The fourth-order valence-corrected chi connectivity index (χ4v) is 3.43. The van der Waals surface area contributed by atoms with Gasteiger partial charge in [0.25, 0.3) is 0 Å². The van der Waals surface area contributed by atoms with Gasteiger partial charge in [0.05, 0.1) is 11.5 Å². The smallest absolute Gasteiger partial charge is 0.222 e. The van der Waals surface area contributed by atoms with Crippen LogP contribution in [0.3, 0.4) is 0 Å². The van der Waals surface area contributed by atoms with Crippen LogP contribution in [0.15, 0.2) is 0 Å². The molecule has 5 nitrogen and oxygen atoms in total. The first kappa shape index (κ1) is 11.9. The van der Waals surface area contributed by atoms with E-state index >= 15 is 0 Å². The number of carbonyl (C=O) groups excluding carboxylic acids is 1. The predicted molar refractivity (Wildman–Crippen MR) is 60.8 cm³/mol. The Kier molecular flexibility index (Phi) is 3.49. The molecule has 1 unspecified atom stereocenters. The lowest BCUT2D eigenvalue weighted by molar-refractivity contribution is -0.131. The van der Waals surface area contributed by atoms with Crippen LogP contribution in [0.1, 0.15) is 12.8 Å². The second-order valence-electron chi connectivity index (χ2n) is 4.60. The molecule has 1 amide bonds. The van der Waals surface area contributed by atoms with E-state index in [-0.39, 0.29) is 17.4 Å². The van der Waals surface area contributed by atoms with Crippen molar-refractivity contribution in [3.63, 3.8) is 0 Å². The van der Waals surface area contributed by atoms with E-state index in [2.05, 4.69) is 5.32 Å². The normalized spacial score (nSPS) is 29.2. The van der Waals surface area contributed by atoms with E-state index < -0.39 is 9.84 Å². The van der Waals surface area contributed by atoms with Crippen molar-refractivity contribution >= 4 is 15.7 Å². The van der Waals surface area contributed by atoms with E-state index in [1.807, 2.05) is 0 Å². The molecule has 0 saturated carbocycles. The summed E-state index contributed by atoms with van der Waals surface area (Å²) < 4.78 is 22.4. The van der Waals surface area contributed by atoms with Crippen LogP contribution in [-0.4, -0.2) is 56.9 Å². The molecule has 0 aromatic rings. The summed E-state index contributed by atoms with van der Waals surface area (Å²) in [4.78, 5) is 13.6. The molecule has 16 heavy (non-hydrogen) atoms.